The van der Waals surface area contributed by atoms with E-state index in [0.29, 0.717) is 19.8 Å². The molecular formula is C12H14O4. The van der Waals surface area contributed by atoms with Gasteiger partial charge < -0.3 is 14.6 Å². The van der Waals surface area contributed by atoms with Gasteiger partial charge in [-0.3, -0.25) is 4.79 Å². The number of hydrogen-bond acceptors (Lipinski definition) is 3. The Labute approximate surface area is 93.8 Å². The standard InChI is InChI=1S/C12H14O4/c13-11(14)8-12(9-15-6-7-16-12)10-4-2-1-3-5-10/h1-5H,6-9H2,(H,13,14). The van der Waals surface area contributed by atoms with E-state index in [0.717, 1.165) is 5.56 Å². The van der Waals surface area contributed by atoms with E-state index in [-0.39, 0.29) is 6.42 Å². The molecule has 1 aromatic rings. The molecule has 4 nitrogen and oxygen atoms in total. The van der Waals surface area contributed by atoms with Crippen molar-refractivity contribution in [2.75, 3.05) is 19.8 Å². The monoisotopic (exact) mass is 222 g/mol. The molecule has 0 aliphatic carbocycles. The van der Waals surface area contributed by atoms with Gasteiger partial charge in [-0.1, -0.05) is 30.3 Å². The van der Waals surface area contributed by atoms with Crippen molar-refractivity contribution in [1.29, 1.82) is 0 Å². The van der Waals surface area contributed by atoms with E-state index in [1.807, 2.05) is 30.3 Å². The van der Waals surface area contributed by atoms with Crippen molar-refractivity contribution in [2.45, 2.75) is 12.0 Å². The Morgan fingerprint density at radius 2 is 2.06 bits per heavy atom. The second kappa shape index (κ2) is 4.63. The number of benzene rings is 1. The van der Waals surface area contributed by atoms with Gasteiger partial charge in [0, 0.05) is 0 Å². The molecule has 86 valence electrons. The average Bonchev–Trinajstić information content (AvgIpc) is 2.30. The summed E-state index contributed by atoms with van der Waals surface area (Å²) in [5.74, 6) is -0.880. The molecular weight excluding hydrogens is 208 g/mol. The van der Waals surface area contributed by atoms with Crippen LogP contribution in [0.15, 0.2) is 30.3 Å². The molecule has 1 aliphatic rings. The molecule has 1 saturated heterocycles. The van der Waals surface area contributed by atoms with Crippen LogP contribution in [0.1, 0.15) is 12.0 Å². The molecule has 1 atom stereocenters. The van der Waals surface area contributed by atoms with E-state index in [4.69, 9.17) is 14.6 Å². The van der Waals surface area contributed by atoms with Gasteiger partial charge in [-0.25, -0.2) is 0 Å². The van der Waals surface area contributed by atoms with Crippen LogP contribution in [0.3, 0.4) is 0 Å². The molecule has 1 N–H and O–H groups in total. The van der Waals surface area contributed by atoms with Crippen LogP contribution in [0, 0.1) is 0 Å². The zero-order chi connectivity index (χ0) is 11.4. The normalized spacial score (nSPS) is 25.2. The highest BCUT2D eigenvalue weighted by Crippen LogP contribution is 2.32. The SMILES string of the molecule is O=C(O)CC1(c2ccccc2)COCCO1. The molecule has 16 heavy (non-hydrogen) atoms. The number of rotatable bonds is 3. The van der Waals surface area contributed by atoms with Gasteiger partial charge in [0.2, 0.25) is 0 Å². The Hall–Kier alpha value is -1.39. The van der Waals surface area contributed by atoms with E-state index < -0.39 is 11.6 Å². The molecule has 0 aromatic heterocycles. The van der Waals surface area contributed by atoms with Crippen LogP contribution >= 0.6 is 0 Å². The summed E-state index contributed by atoms with van der Waals surface area (Å²) in [4.78, 5) is 10.9. The molecule has 1 aromatic carbocycles. The maximum absolute atomic E-state index is 10.9. The van der Waals surface area contributed by atoms with Crippen molar-refractivity contribution in [1.82, 2.24) is 0 Å². The summed E-state index contributed by atoms with van der Waals surface area (Å²) < 4.78 is 11.0. The Morgan fingerprint density at radius 1 is 1.31 bits per heavy atom. The van der Waals surface area contributed by atoms with Crippen LogP contribution in [0.2, 0.25) is 0 Å². The molecule has 1 aliphatic heterocycles. The van der Waals surface area contributed by atoms with Gasteiger partial charge in [-0.05, 0) is 5.56 Å². The van der Waals surface area contributed by atoms with Gasteiger partial charge in [-0.2, -0.15) is 0 Å². The van der Waals surface area contributed by atoms with Gasteiger partial charge in [0.15, 0.2) is 0 Å². The number of carboxylic acid groups (broad SMARTS) is 1. The third-order valence-electron chi connectivity index (χ3n) is 2.68. The first-order chi connectivity index (χ1) is 7.73. The summed E-state index contributed by atoms with van der Waals surface area (Å²) in [7, 11) is 0. The van der Waals surface area contributed by atoms with Crippen molar-refractivity contribution >= 4 is 5.97 Å². The van der Waals surface area contributed by atoms with E-state index >= 15 is 0 Å². The number of hydrogen-bond donors (Lipinski definition) is 1. The maximum Gasteiger partial charge on any atom is 0.306 e. The molecule has 0 spiro atoms. The summed E-state index contributed by atoms with van der Waals surface area (Å²) >= 11 is 0. The Bertz CT molecular complexity index is 355. The van der Waals surface area contributed by atoms with Crippen LogP contribution in [0.25, 0.3) is 0 Å². The van der Waals surface area contributed by atoms with Crippen LogP contribution < -0.4 is 0 Å². The predicted octanol–water partition coefficient (Wildman–Crippen LogP) is 1.40. The fourth-order valence-electron chi connectivity index (χ4n) is 1.93. The summed E-state index contributed by atoms with van der Waals surface area (Å²) in [5, 5.41) is 8.96. The molecule has 0 amide bonds. The Balaban J connectivity index is 2.29. The van der Waals surface area contributed by atoms with Crippen molar-refractivity contribution in [3.8, 4) is 0 Å². The molecule has 1 unspecified atom stereocenters. The Morgan fingerprint density at radius 3 is 2.62 bits per heavy atom. The third kappa shape index (κ3) is 2.23. The van der Waals surface area contributed by atoms with E-state index in [2.05, 4.69) is 0 Å². The van der Waals surface area contributed by atoms with Gasteiger partial charge >= 0.3 is 5.97 Å². The largest absolute Gasteiger partial charge is 0.481 e. The second-order valence-corrected chi connectivity index (χ2v) is 3.83. The van der Waals surface area contributed by atoms with Gasteiger partial charge in [0.1, 0.15) is 5.60 Å². The minimum Gasteiger partial charge on any atom is -0.481 e. The lowest BCUT2D eigenvalue weighted by Gasteiger charge is -2.36. The minimum absolute atomic E-state index is 0.0724. The lowest BCUT2D eigenvalue weighted by Crippen LogP contribution is -2.42. The smallest absolute Gasteiger partial charge is 0.306 e. The Kier molecular flexibility index (Phi) is 3.22. The zero-order valence-corrected chi connectivity index (χ0v) is 8.89. The molecule has 0 bridgehead atoms. The van der Waals surface area contributed by atoms with Crippen molar-refractivity contribution in [3.05, 3.63) is 35.9 Å². The molecule has 0 radical (unpaired) electrons. The van der Waals surface area contributed by atoms with Gasteiger partial charge in [0.05, 0.1) is 26.2 Å². The molecule has 0 saturated carbocycles. The average molecular weight is 222 g/mol. The predicted molar refractivity (Wildman–Crippen MR) is 57.1 cm³/mol. The van der Waals surface area contributed by atoms with Gasteiger partial charge in [-0.15, -0.1) is 0 Å². The second-order valence-electron chi connectivity index (χ2n) is 3.83. The van der Waals surface area contributed by atoms with Gasteiger partial charge in [0.25, 0.3) is 0 Å². The molecule has 1 heterocycles. The maximum atomic E-state index is 10.9. The van der Waals surface area contributed by atoms with E-state index in [1.54, 1.807) is 0 Å². The highest BCUT2D eigenvalue weighted by Gasteiger charge is 2.38. The lowest BCUT2D eigenvalue weighted by molar-refractivity contribution is -0.178. The van der Waals surface area contributed by atoms with Crippen LogP contribution in [0.4, 0.5) is 0 Å². The summed E-state index contributed by atoms with van der Waals surface area (Å²) in [6, 6.07) is 9.38. The highest BCUT2D eigenvalue weighted by atomic mass is 16.6. The molecule has 1 fully saturated rings. The fraction of sp³-hybridized carbons (Fsp3) is 0.417. The first-order valence-corrected chi connectivity index (χ1v) is 5.22. The fourth-order valence-corrected chi connectivity index (χ4v) is 1.93. The number of carbonyl (C=O) groups is 1. The third-order valence-corrected chi connectivity index (χ3v) is 2.68. The van der Waals surface area contributed by atoms with Crippen molar-refractivity contribution in [3.63, 3.8) is 0 Å². The van der Waals surface area contributed by atoms with E-state index in [9.17, 15) is 4.79 Å². The summed E-state index contributed by atoms with van der Waals surface area (Å²) in [5.41, 5.74) is 0.0304. The molecule has 2 rings (SSSR count). The molecule has 4 heteroatoms. The quantitative estimate of drug-likeness (QED) is 0.840. The van der Waals surface area contributed by atoms with E-state index in [1.165, 1.54) is 0 Å². The zero-order valence-electron chi connectivity index (χ0n) is 8.89. The van der Waals surface area contributed by atoms with Crippen molar-refractivity contribution in [2.24, 2.45) is 0 Å². The van der Waals surface area contributed by atoms with Crippen LogP contribution in [-0.4, -0.2) is 30.9 Å². The number of ether oxygens (including phenoxy) is 2. The summed E-state index contributed by atoms with van der Waals surface area (Å²) in [6.45, 7) is 1.25. The van der Waals surface area contributed by atoms with Crippen LogP contribution in [-0.2, 0) is 19.9 Å². The van der Waals surface area contributed by atoms with Crippen molar-refractivity contribution < 1.29 is 19.4 Å². The highest BCUT2D eigenvalue weighted by molar-refractivity contribution is 5.68. The summed E-state index contributed by atoms with van der Waals surface area (Å²) in [6.07, 6.45) is -0.0724. The number of aliphatic carboxylic acids is 1. The lowest BCUT2D eigenvalue weighted by atomic mass is 9.90. The number of carboxylic acids is 1. The minimum atomic E-state index is -0.880. The first-order valence-electron chi connectivity index (χ1n) is 5.22. The topological polar surface area (TPSA) is 55.8 Å². The van der Waals surface area contributed by atoms with Crippen LogP contribution in [0.5, 0.6) is 0 Å². The first kappa shape index (κ1) is 11.1.